The standard InChI is InChI=1S/C32H23FN4O6S/c33-22-8-6-20(7-9-22)18-27(35-30(39)21-4-2-1-3-5-21)31(40)34-23-10-16-26(17-11-23)44-28-19-29(38)36(32(28)41)24-12-14-25(15-13-24)37(42)43/h1-18,28H,19H2,(H,34,40)(H,35,39)/b27-18-. The molecule has 1 aliphatic rings. The number of hydrogen-bond donors (Lipinski definition) is 2. The van der Waals surface area contributed by atoms with Gasteiger partial charge in [0.15, 0.2) is 0 Å². The molecule has 1 atom stereocenters. The zero-order valence-corrected chi connectivity index (χ0v) is 23.6. The molecular weight excluding hydrogens is 587 g/mol. The SMILES string of the molecule is O=C(Nc1ccc(SC2CC(=O)N(c3ccc([N+](=O)[O-])cc3)C2=O)cc1)/C(=C/c1ccc(F)cc1)NC(=O)c1ccccc1. The van der Waals surface area contributed by atoms with Gasteiger partial charge in [0.05, 0.1) is 15.9 Å². The third kappa shape index (κ3) is 7.05. The van der Waals surface area contributed by atoms with Gasteiger partial charge in [0.2, 0.25) is 11.8 Å². The molecule has 0 aromatic heterocycles. The number of nitrogens with zero attached hydrogens (tertiary/aromatic N) is 2. The Morgan fingerprint density at radius 2 is 1.57 bits per heavy atom. The average molecular weight is 611 g/mol. The second-order valence-corrected chi connectivity index (χ2v) is 10.8. The van der Waals surface area contributed by atoms with E-state index in [-0.39, 0.29) is 23.5 Å². The van der Waals surface area contributed by atoms with Gasteiger partial charge in [-0.25, -0.2) is 9.29 Å². The predicted octanol–water partition coefficient (Wildman–Crippen LogP) is 5.57. The Balaban J connectivity index is 1.26. The van der Waals surface area contributed by atoms with E-state index in [1.54, 1.807) is 54.6 Å². The number of rotatable bonds is 9. The average Bonchev–Trinajstić information content (AvgIpc) is 3.30. The van der Waals surface area contributed by atoms with Crippen LogP contribution < -0.4 is 15.5 Å². The van der Waals surface area contributed by atoms with E-state index in [1.165, 1.54) is 66.4 Å². The van der Waals surface area contributed by atoms with Crippen molar-refractivity contribution in [1.29, 1.82) is 0 Å². The normalized spacial score (nSPS) is 14.8. The molecular formula is C32H23FN4O6S. The van der Waals surface area contributed by atoms with Gasteiger partial charge in [-0.05, 0) is 72.3 Å². The minimum absolute atomic E-state index is 0.0440. The Hall–Kier alpha value is -5.62. The van der Waals surface area contributed by atoms with Crippen molar-refractivity contribution >= 4 is 58.5 Å². The van der Waals surface area contributed by atoms with Gasteiger partial charge in [0.1, 0.15) is 11.5 Å². The summed E-state index contributed by atoms with van der Waals surface area (Å²) < 4.78 is 13.4. The molecule has 5 rings (SSSR count). The summed E-state index contributed by atoms with van der Waals surface area (Å²) in [6, 6.07) is 25.6. The summed E-state index contributed by atoms with van der Waals surface area (Å²) in [5.74, 6) is -2.41. The second-order valence-electron chi connectivity index (χ2n) is 9.56. The van der Waals surface area contributed by atoms with E-state index in [2.05, 4.69) is 10.6 Å². The minimum Gasteiger partial charge on any atom is -0.321 e. The number of amides is 4. The monoisotopic (exact) mass is 610 g/mol. The van der Waals surface area contributed by atoms with Crippen molar-refractivity contribution in [3.05, 3.63) is 136 Å². The van der Waals surface area contributed by atoms with Crippen LogP contribution in [0.15, 0.2) is 114 Å². The highest BCUT2D eigenvalue weighted by molar-refractivity contribution is 8.00. The lowest BCUT2D eigenvalue weighted by molar-refractivity contribution is -0.384. The van der Waals surface area contributed by atoms with Crippen LogP contribution in [0, 0.1) is 15.9 Å². The molecule has 4 aromatic carbocycles. The van der Waals surface area contributed by atoms with Crippen LogP contribution in [0.25, 0.3) is 6.08 Å². The Labute approximate surface area is 254 Å². The maximum Gasteiger partial charge on any atom is 0.272 e. The minimum atomic E-state index is -0.698. The van der Waals surface area contributed by atoms with E-state index in [0.29, 0.717) is 21.7 Å². The number of nitro benzene ring substituents is 1. The Bertz CT molecular complexity index is 1760. The number of hydrogen-bond acceptors (Lipinski definition) is 7. The van der Waals surface area contributed by atoms with E-state index in [1.807, 2.05) is 0 Å². The summed E-state index contributed by atoms with van der Waals surface area (Å²) in [4.78, 5) is 63.7. The molecule has 0 spiro atoms. The number of imide groups is 1. The number of non-ortho nitro benzene ring substituents is 1. The van der Waals surface area contributed by atoms with E-state index < -0.39 is 39.6 Å². The van der Waals surface area contributed by atoms with Crippen molar-refractivity contribution in [1.82, 2.24) is 5.32 Å². The van der Waals surface area contributed by atoms with Crippen molar-refractivity contribution < 1.29 is 28.5 Å². The largest absolute Gasteiger partial charge is 0.321 e. The molecule has 1 heterocycles. The van der Waals surface area contributed by atoms with Crippen molar-refractivity contribution in [2.24, 2.45) is 0 Å². The molecule has 4 aromatic rings. The molecule has 220 valence electrons. The summed E-state index contributed by atoms with van der Waals surface area (Å²) in [6.07, 6.45) is 1.39. The number of carbonyl (C=O) groups excluding carboxylic acids is 4. The van der Waals surface area contributed by atoms with Crippen LogP contribution in [-0.4, -0.2) is 33.8 Å². The molecule has 0 bridgehead atoms. The van der Waals surface area contributed by atoms with Crippen LogP contribution in [0.4, 0.5) is 21.5 Å². The quantitative estimate of drug-likeness (QED) is 0.109. The third-order valence-electron chi connectivity index (χ3n) is 6.52. The van der Waals surface area contributed by atoms with Crippen LogP contribution in [0.3, 0.4) is 0 Å². The first kappa shape index (κ1) is 29.9. The zero-order valence-electron chi connectivity index (χ0n) is 22.8. The van der Waals surface area contributed by atoms with Crippen molar-refractivity contribution in [3.8, 4) is 0 Å². The Morgan fingerprint density at radius 1 is 0.909 bits per heavy atom. The van der Waals surface area contributed by atoms with E-state index in [9.17, 15) is 33.7 Å². The highest BCUT2D eigenvalue weighted by Crippen LogP contribution is 2.35. The van der Waals surface area contributed by atoms with Gasteiger partial charge in [-0.3, -0.25) is 29.3 Å². The van der Waals surface area contributed by atoms with Gasteiger partial charge in [0.25, 0.3) is 17.5 Å². The molecule has 0 saturated carbocycles. The fraction of sp³-hybridized carbons (Fsp3) is 0.0625. The molecule has 0 aliphatic carbocycles. The molecule has 0 radical (unpaired) electrons. The molecule has 1 saturated heterocycles. The number of halogens is 1. The number of nitro groups is 1. The Morgan fingerprint density at radius 3 is 2.20 bits per heavy atom. The molecule has 2 N–H and O–H groups in total. The number of thioether (sulfide) groups is 1. The van der Waals surface area contributed by atoms with Gasteiger partial charge in [0, 0.05) is 34.7 Å². The first-order valence-electron chi connectivity index (χ1n) is 13.2. The van der Waals surface area contributed by atoms with Crippen LogP contribution in [-0.2, 0) is 14.4 Å². The molecule has 1 fully saturated rings. The summed E-state index contributed by atoms with van der Waals surface area (Å²) in [5.41, 5.74) is 1.29. The van der Waals surface area contributed by atoms with Gasteiger partial charge in [-0.2, -0.15) is 0 Å². The first-order chi connectivity index (χ1) is 21.2. The molecule has 10 nitrogen and oxygen atoms in total. The first-order valence-corrected chi connectivity index (χ1v) is 14.1. The summed E-state index contributed by atoms with van der Waals surface area (Å²) in [6.45, 7) is 0. The van der Waals surface area contributed by atoms with Crippen molar-refractivity contribution in [3.63, 3.8) is 0 Å². The zero-order chi connectivity index (χ0) is 31.2. The van der Waals surface area contributed by atoms with Crippen LogP contribution in [0.1, 0.15) is 22.3 Å². The smallest absolute Gasteiger partial charge is 0.272 e. The molecule has 44 heavy (non-hydrogen) atoms. The highest BCUT2D eigenvalue weighted by Gasteiger charge is 2.40. The summed E-state index contributed by atoms with van der Waals surface area (Å²) in [5, 5.41) is 15.6. The molecule has 1 unspecified atom stereocenters. The van der Waals surface area contributed by atoms with E-state index >= 15 is 0 Å². The van der Waals surface area contributed by atoms with Crippen LogP contribution in [0.2, 0.25) is 0 Å². The van der Waals surface area contributed by atoms with Crippen molar-refractivity contribution in [2.75, 3.05) is 10.2 Å². The number of benzene rings is 4. The maximum atomic E-state index is 13.4. The predicted molar refractivity (Wildman–Crippen MR) is 163 cm³/mol. The van der Waals surface area contributed by atoms with Gasteiger partial charge in [-0.15, -0.1) is 11.8 Å². The molecule has 4 amide bonds. The van der Waals surface area contributed by atoms with Gasteiger partial charge >= 0.3 is 0 Å². The fourth-order valence-electron chi connectivity index (χ4n) is 4.34. The third-order valence-corrected chi connectivity index (χ3v) is 7.72. The molecule has 1 aliphatic heterocycles. The van der Waals surface area contributed by atoms with Gasteiger partial charge < -0.3 is 10.6 Å². The lowest BCUT2D eigenvalue weighted by Crippen LogP contribution is -2.31. The fourth-order valence-corrected chi connectivity index (χ4v) is 5.39. The molecule has 12 heteroatoms. The van der Waals surface area contributed by atoms with Crippen LogP contribution >= 0.6 is 11.8 Å². The summed E-state index contributed by atoms with van der Waals surface area (Å²) >= 11 is 1.18. The lowest BCUT2D eigenvalue weighted by atomic mass is 10.1. The maximum absolute atomic E-state index is 13.4. The van der Waals surface area contributed by atoms with Crippen molar-refractivity contribution in [2.45, 2.75) is 16.6 Å². The van der Waals surface area contributed by atoms with Crippen LogP contribution in [0.5, 0.6) is 0 Å². The van der Waals surface area contributed by atoms with E-state index in [0.717, 1.165) is 4.90 Å². The number of anilines is 2. The lowest BCUT2D eigenvalue weighted by Gasteiger charge is -2.15. The highest BCUT2D eigenvalue weighted by atomic mass is 32.2. The number of carbonyl (C=O) groups is 4. The van der Waals surface area contributed by atoms with Gasteiger partial charge in [-0.1, -0.05) is 30.3 Å². The second kappa shape index (κ2) is 13.1. The Kier molecular flexibility index (Phi) is 8.91. The van der Waals surface area contributed by atoms with E-state index in [4.69, 9.17) is 0 Å². The topological polar surface area (TPSA) is 139 Å². The summed E-state index contributed by atoms with van der Waals surface area (Å²) in [7, 11) is 0. The number of nitrogens with one attached hydrogen (secondary N) is 2.